The summed E-state index contributed by atoms with van der Waals surface area (Å²) >= 11 is 0.742. The van der Waals surface area contributed by atoms with E-state index in [-0.39, 0.29) is 76.3 Å². The quantitative estimate of drug-likeness (QED) is 0.251. The summed E-state index contributed by atoms with van der Waals surface area (Å²) in [7, 11) is 0. The number of rotatable bonds is 6. The van der Waals surface area contributed by atoms with Crippen molar-refractivity contribution in [3.63, 3.8) is 0 Å². The molecule has 4 N–H and O–H groups in total. The van der Waals surface area contributed by atoms with E-state index in [1.165, 1.54) is 0 Å². The lowest BCUT2D eigenvalue weighted by Crippen LogP contribution is -2.51. The Morgan fingerprint density at radius 2 is 1.81 bits per heavy atom. The monoisotopic (exact) mass is 624 g/mol. The van der Waals surface area contributed by atoms with E-state index in [0.29, 0.717) is 13.1 Å². The van der Waals surface area contributed by atoms with Crippen LogP contribution >= 0.6 is 11.3 Å². The molecule has 3 aliphatic rings. The fourth-order valence-corrected chi connectivity index (χ4v) is 7.30. The van der Waals surface area contributed by atoms with E-state index in [4.69, 9.17) is 10.5 Å². The fourth-order valence-electron chi connectivity index (χ4n) is 6.54. The maximum absolute atomic E-state index is 16.6. The Kier molecular flexibility index (Phi) is 6.63. The summed E-state index contributed by atoms with van der Waals surface area (Å²) < 4.78 is 94.5. The number of piperazine rings is 1. The van der Waals surface area contributed by atoms with Crippen LogP contribution in [0.2, 0.25) is 0 Å². The van der Waals surface area contributed by atoms with Gasteiger partial charge < -0.3 is 25.8 Å². The predicted octanol–water partition coefficient (Wildman–Crippen LogP) is 5.22. The minimum absolute atomic E-state index is 0.0654. The smallest absolute Gasteiger partial charge is 0.417 e. The number of aliphatic hydroxyl groups excluding tert-OH is 1. The van der Waals surface area contributed by atoms with Gasteiger partial charge in [0.05, 0.1) is 29.0 Å². The first kappa shape index (κ1) is 28.3. The molecule has 4 aromatic rings. The molecule has 7 rings (SSSR count). The molecule has 3 fully saturated rings. The van der Waals surface area contributed by atoms with Crippen molar-refractivity contribution in [1.82, 2.24) is 20.3 Å². The maximum atomic E-state index is 16.6. The highest BCUT2D eigenvalue weighted by Gasteiger charge is 2.45. The second kappa shape index (κ2) is 10.1. The molecule has 43 heavy (non-hydrogen) atoms. The highest BCUT2D eigenvalue weighted by molar-refractivity contribution is 7.22. The summed E-state index contributed by atoms with van der Waals surface area (Å²) in [5.41, 5.74) is 1.82. The molecule has 1 saturated carbocycles. The van der Waals surface area contributed by atoms with Crippen LogP contribution in [0.5, 0.6) is 6.01 Å². The van der Waals surface area contributed by atoms with Crippen molar-refractivity contribution < 1.29 is 36.2 Å². The second-order valence-corrected chi connectivity index (χ2v) is 12.7. The van der Waals surface area contributed by atoms with Crippen LogP contribution in [0, 0.1) is 17.0 Å². The number of aliphatic hydroxyl groups is 1. The Bertz CT molecular complexity index is 1730. The molecule has 15 heteroatoms. The minimum Gasteiger partial charge on any atom is -0.463 e. The number of nitrogens with zero attached hydrogens (tertiary/aromatic N) is 4. The number of hydrogen-bond acceptors (Lipinski definition) is 9. The Labute approximate surface area is 244 Å². The Balaban J connectivity index is 1.44. The number of hydrogen-bond donors (Lipinski definition) is 3. The normalized spacial score (nSPS) is 25.5. The number of aromatic nitrogens is 3. The zero-order valence-electron chi connectivity index (χ0n) is 22.5. The van der Waals surface area contributed by atoms with Gasteiger partial charge in [0.2, 0.25) is 0 Å². The van der Waals surface area contributed by atoms with E-state index in [1.807, 2.05) is 0 Å². The van der Waals surface area contributed by atoms with Gasteiger partial charge in [-0.05, 0) is 43.9 Å². The number of alkyl halides is 4. The number of nitrogens with two attached hydrogens (primary N) is 1. The van der Waals surface area contributed by atoms with Crippen LogP contribution in [-0.4, -0.2) is 64.6 Å². The second-order valence-electron chi connectivity index (χ2n) is 11.7. The molecule has 1 aliphatic carbocycles. The zero-order valence-corrected chi connectivity index (χ0v) is 23.3. The molecule has 0 spiro atoms. The van der Waals surface area contributed by atoms with E-state index in [9.17, 15) is 27.1 Å². The van der Waals surface area contributed by atoms with Crippen LogP contribution in [0.15, 0.2) is 18.2 Å². The third-order valence-electron chi connectivity index (χ3n) is 8.65. The summed E-state index contributed by atoms with van der Waals surface area (Å²) in [6, 6.07) is 2.65. The van der Waals surface area contributed by atoms with Gasteiger partial charge in [0.1, 0.15) is 23.3 Å². The first-order valence-electron chi connectivity index (χ1n) is 13.8. The fraction of sp³-hybridized carbons (Fsp3) is 0.464. The van der Waals surface area contributed by atoms with Gasteiger partial charge in [-0.1, -0.05) is 11.3 Å². The van der Waals surface area contributed by atoms with Gasteiger partial charge in [0, 0.05) is 47.1 Å². The third kappa shape index (κ3) is 4.81. The van der Waals surface area contributed by atoms with Gasteiger partial charge in [-0.2, -0.15) is 23.1 Å². The number of thiazole rings is 1. The van der Waals surface area contributed by atoms with Crippen LogP contribution in [0.4, 0.5) is 37.3 Å². The molecular formula is C28H26F6N6O2S. The number of fused-ring (bicyclic) bond motifs is 4. The molecule has 228 valence electrons. The van der Waals surface area contributed by atoms with Crippen LogP contribution in [0.1, 0.15) is 31.2 Å². The van der Waals surface area contributed by atoms with Crippen molar-refractivity contribution in [3.05, 3.63) is 35.4 Å². The third-order valence-corrected chi connectivity index (χ3v) is 9.54. The molecule has 2 atom stereocenters. The highest BCUT2D eigenvalue weighted by Crippen LogP contribution is 2.47. The molecule has 2 bridgehead atoms. The van der Waals surface area contributed by atoms with Crippen molar-refractivity contribution in [2.75, 3.05) is 36.9 Å². The highest BCUT2D eigenvalue weighted by atomic mass is 32.1. The topological polar surface area (TPSA) is 109 Å². The van der Waals surface area contributed by atoms with Crippen molar-refractivity contribution in [3.8, 4) is 17.1 Å². The van der Waals surface area contributed by atoms with Crippen LogP contribution in [0.3, 0.4) is 0 Å². The first-order valence-corrected chi connectivity index (χ1v) is 14.6. The summed E-state index contributed by atoms with van der Waals surface area (Å²) in [5, 5.41) is 13.0. The summed E-state index contributed by atoms with van der Waals surface area (Å²) in [5.74, 6) is -1.98. The molecule has 2 aromatic carbocycles. The van der Waals surface area contributed by atoms with Crippen molar-refractivity contribution in [2.45, 2.75) is 50.1 Å². The minimum atomic E-state index is -5.01. The van der Waals surface area contributed by atoms with E-state index in [0.717, 1.165) is 42.4 Å². The van der Waals surface area contributed by atoms with Crippen LogP contribution < -0.4 is 20.7 Å². The number of anilines is 2. The molecule has 2 unspecified atom stereocenters. The van der Waals surface area contributed by atoms with E-state index < -0.39 is 46.0 Å². The molecule has 2 aliphatic heterocycles. The lowest BCUT2D eigenvalue weighted by molar-refractivity contribution is -0.137. The average Bonchev–Trinajstić information content (AvgIpc) is 3.51. The molecule has 2 aromatic heterocycles. The Morgan fingerprint density at radius 1 is 1.09 bits per heavy atom. The molecule has 0 radical (unpaired) electrons. The van der Waals surface area contributed by atoms with E-state index in [1.54, 1.807) is 4.90 Å². The summed E-state index contributed by atoms with van der Waals surface area (Å²) in [6.07, 6.45) is -4.22. The zero-order chi connectivity index (χ0) is 30.3. The van der Waals surface area contributed by atoms with Gasteiger partial charge in [-0.3, -0.25) is 0 Å². The molecule has 0 amide bonds. The predicted molar refractivity (Wildman–Crippen MR) is 149 cm³/mol. The average molecular weight is 625 g/mol. The van der Waals surface area contributed by atoms with E-state index >= 15 is 4.39 Å². The summed E-state index contributed by atoms with van der Waals surface area (Å²) in [4.78, 5) is 14.5. The largest absolute Gasteiger partial charge is 0.463 e. The lowest BCUT2D eigenvalue weighted by atomic mass is 9.69. The lowest BCUT2D eigenvalue weighted by Gasteiger charge is -2.42. The standard InChI is InChI=1S/C28H26F6N6O2S/c29-12-6-27(7-12,10-41)11-42-26-38-21-16(24(39-26)40-8-13-1-2-14(9-40)36-13)5-17(28(32,33)34)19(20(21)31)15-3-4-18(30)23-22(15)37-25(35)43-23/h3-5,12-14,36,41H,1-2,6-11H2,(H2,35,37). The van der Waals surface area contributed by atoms with Gasteiger partial charge in [0.15, 0.2) is 10.9 Å². The SMILES string of the molecule is Nc1nc2c(-c3c(C(F)(F)F)cc4c(N5CC6CCC(C5)N6)nc(OCC5(CO)CC(F)C5)nc4c3F)ccc(F)c2s1. The Morgan fingerprint density at radius 3 is 2.47 bits per heavy atom. The molecular weight excluding hydrogens is 598 g/mol. The van der Waals surface area contributed by atoms with Gasteiger partial charge in [-0.25, -0.2) is 18.2 Å². The van der Waals surface area contributed by atoms with Gasteiger partial charge >= 0.3 is 12.2 Å². The van der Waals surface area contributed by atoms with Gasteiger partial charge in [0.25, 0.3) is 0 Å². The van der Waals surface area contributed by atoms with E-state index in [2.05, 4.69) is 20.3 Å². The number of nitrogens with one attached hydrogen (secondary N) is 1. The van der Waals surface area contributed by atoms with Crippen molar-refractivity contribution in [2.24, 2.45) is 5.41 Å². The number of halogens is 6. The maximum Gasteiger partial charge on any atom is 0.417 e. The first-order chi connectivity index (χ1) is 20.4. The van der Waals surface area contributed by atoms with Gasteiger partial charge in [-0.15, -0.1) is 0 Å². The molecule has 8 nitrogen and oxygen atoms in total. The summed E-state index contributed by atoms with van der Waals surface area (Å²) in [6.45, 7) is 0.342. The number of nitrogen functional groups attached to an aromatic ring is 1. The van der Waals surface area contributed by atoms with Crippen molar-refractivity contribution >= 4 is 43.4 Å². The molecule has 4 heterocycles. The Hall–Kier alpha value is -3.43. The molecule has 2 saturated heterocycles. The van der Waals surface area contributed by atoms with Crippen LogP contribution in [-0.2, 0) is 6.18 Å². The number of benzene rings is 2. The van der Waals surface area contributed by atoms with Crippen molar-refractivity contribution in [1.29, 1.82) is 0 Å². The van der Waals surface area contributed by atoms with Crippen LogP contribution in [0.25, 0.3) is 32.2 Å². The number of ether oxygens (including phenoxy) is 1.